The predicted octanol–water partition coefficient (Wildman–Crippen LogP) is 1.88. The third-order valence-corrected chi connectivity index (χ3v) is 4.49. The Bertz CT molecular complexity index is 731. The molecule has 1 aliphatic rings. The highest BCUT2D eigenvalue weighted by molar-refractivity contribution is 7.88. The van der Waals surface area contributed by atoms with Gasteiger partial charge in [-0.05, 0) is 43.9 Å². The van der Waals surface area contributed by atoms with Crippen LogP contribution in [-0.4, -0.2) is 25.7 Å². The second-order valence-corrected chi connectivity index (χ2v) is 7.24. The Hall–Kier alpha value is -1.33. The quantitative estimate of drug-likeness (QED) is 0.881. The van der Waals surface area contributed by atoms with Gasteiger partial charge in [-0.25, -0.2) is 13.1 Å². The molecule has 1 unspecified atom stereocenters. The van der Waals surface area contributed by atoms with E-state index in [2.05, 4.69) is 34.8 Å². The Kier molecular flexibility index (Phi) is 2.91. The van der Waals surface area contributed by atoms with Crippen molar-refractivity contribution in [2.75, 3.05) is 6.26 Å². The number of hydrogen-bond donors (Lipinski definition) is 2. The van der Waals surface area contributed by atoms with Crippen LogP contribution >= 0.6 is 0 Å². The maximum absolute atomic E-state index is 11.3. The van der Waals surface area contributed by atoms with Crippen LogP contribution in [-0.2, 0) is 22.9 Å². The zero-order valence-corrected chi connectivity index (χ0v) is 12.0. The van der Waals surface area contributed by atoms with E-state index in [1.807, 2.05) is 0 Å². The maximum Gasteiger partial charge on any atom is 0.208 e. The SMILES string of the molecule is Cc1ccc2[nH]c3c(c2c1)CC(NS(C)(=O)=O)CC3. The van der Waals surface area contributed by atoms with Gasteiger partial charge in [-0.3, -0.25) is 0 Å². The Morgan fingerprint density at radius 1 is 1.37 bits per heavy atom. The van der Waals surface area contributed by atoms with Crippen LogP contribution in [0, 0.1) is 6.92 Å². The zero-order chi connectivity index (χ0) is 13.6. The molecule has 0 fully saturated rings. The molecule has 0 saturated heterocycles. The molecule has 1 aliphatic carbocycles. The summed E-state index contributed by atoms with van der Waals surface area (Å²) in [6, 6.07) is 6.38. The fraction of sp³-hybridized carbons (Fsp3) is 0.429. The number of aryl methyl sites for hydroxylation is 2. The first-order chi connectivity index (χ1) is 8.92. The van der Waals surface area contributed by atoms with Crippen molar-refractivity contribution < 1.29 is 8.42 Å². The highest BCUT2D eigenvalue weighted by Gasteiger charge is 2.24. The highest BCUT2D eigenvalue weighted by atomic mass is 32.2. The van der Waals surface area contributed by atoms with Crippen molar-refractivity contribution in [3.63, 3.8) is 0 Å². The van der Waals surface area contributed by atoms with Crippen LogP contribution in [0.25, 0.3) is 10.9 Å². The topological polar surface area (TPSA) is 62.0 Å². The summed E-state index contributed by atoms with van der Waals surface area (Å²) in [7, 11) is -3.13. The summed E-state index contributed by atoms with van der Waals surface area (Å²) in [6.45, 7) is 2.08. The number of H-pyrrole nitrogens is 1. The second-order valence-electron chi connectivity index (χ2n) is 5.46. The highest BCUT2D eigenvalue weighted by Crippen LogP contribution is 2.29. The van der Waals surface area contributed by atoms with Gasteiger partial charge in [-0.15, -0.1) is 0 Å². The Labute approximate surface area is 113 Å². The van der Waals surface area contributed by atoms with Crippen molar-refractivity contribution >= 4 is 20.9 Å². The minimum atomic E-state index is -3.13. The van der Waals surface area contributed by atoms with E-state index in [-0.39, 0.29) is 6.04 Å². The molecule has 3 rings (SSSR count). The van der Waals surface area contributed by atoms with Crippen molar-refractivity contribution in [2.24, 2.45) is 0 Å². The molecule has 1 aromatic carbocycles. The van der Waals surface area contributed by atoms with Crippen LogP contribution in [0.4, 0.5) is 0 Å². The Balaban J connectivity index is 1.99. The summed E-state index contributed by atoms with van der Waals surface area (Å²) in [6.07, 6.45) is 3.75. The molecule has 0 spiro atoms. The van der Waals surface area contributed by atoms with Crippen LogP contribution in [0.1, 0.15) is 23.2 Å². The van der Waals surface area contributed by atoms with Crippen LogP contribution < -0.4 is 4.72 Å². The first-order valence-corrected chi connectivity index (χ1v) is 8.39. The molecule has 1 atom stereocenters. The molecule has 102 valence electrons. The maximum atomic E-state index is 11.3. The molecule has 0 radical (unpaired) electrons. The summed E-state index contributed by atoms with van der Waals surface area (Å²) in [5.41, 5.74) is 4.90. The van der Waals surface area contributed by atoms with Crippen molar-refractivity contribution in [1.29, 1.82) is 0 Å². The summed E-state index contributed by atoms with van der Waals surface area (Å²) < 4.78 is 25.4. The molecule has 0 amide bonds. The number of fused-ring (bicyclic) bond motifs is 3. The molecule has 0 saturated carbocycles. The van der Waals surface area contributed by atoms with Crippen LogP contribution in [0.3, 0.4) is 0 Å². The van der Waals surface area contributed by atoms with Crippen LogP contribution in [0.2, 0.25) is 0 Å². The third-order valence-electron chi connectivity index (χ3n) is 3.72. The first-order valence-electron chi connectivity index (χ1n) is 6.50. The lowest BCUT2D eigenvalue weighted by atomic mass is 9.92. The molecular formula is C14H18N2O2S. The van der Waals surface area contributed by atoms with Gasteiger partial charge < -0.3 is 4.98 Å². The van der Waals surface area contributed by atoms with Gasteiger partial charge in [0.15, 0.2) is 0 Å². The molecule has 2 N–H and O–H groups in total. The van der Waals surface area contributed by atoms with Crippen LogP contribution in [0.15, 0.2) is 18.2 Å². The summed E-state index contributed by atoms with van der Waals surface area (Å²) in [5.74, 6) is 0. The average molecular weight is 278 g/mol. The number of aromatic nitrogens is 1. The fourth-order valence-electron chi connectivity index (χ4n) is 2.93. The van der Waals surface area contributed by atoms with E-state index in [1.54, 1.807) is 0 Å². The van der Waals surface area contributed by atoms with E-state index in [0.717, 1.165) is 24.8 Å². The van der Waals surface area contributed by atoms with Gasteiger partial charge in [0.05, 0.1) is 6.26 Å². The van der Waals surface area contributed by atoms with E-state index in [9.17, 15) is 8.42 Å². The molecule has 1 heterocycles. The largest absolute Gasteiger partial charge is 0.358 e. The second kappa shape index (κ2) is 4.35. The van der Waals surface area contributed by atoms with Gasteiger partial charge in [0.25, 0.3) is 0 Å². The van der Waals surface area contributed by atoms with Gasteiger partial charge in [0.1, 0.15) is 0 Å². The molecule has 19 heavy (non-hydrogen) atoms. The number of hydrogen-bond acceptors (Lipinski definition) is 2. The van der Waals surface area contributed by atoms with Crippen molar-refractivity contribution in [2.45, 2.75) is 32.2 Å². The lowest BCUT2D eigenvalue weighted by Gasteiger charge is -2.22. The van der Waals surface area contributed by atoms with Gasteiger partial charge in [-0.2, -0.15) is 0 Å². The summed E-state index contributed by atoms with van der Waals surface area (Å²) in [5, 5.41) is 1.23. The van der Waals surface area contributed by atoms with Gasteiger partial charge in [0.2, 0.25) is 10.0 Å². The summed E-state index contributed by atoms with van der Waals surface area (Å²) in [4.78, 5) is 3.45. The average Bonchev–Trinajstić information content (AvgIpc) is 2.65. The lowest BCUT2D eigenvalue weighted by Crippen LogP contribution is -2.38. The minimum absolute atomic E-state index is 0.0158. The molecule has 5 heteroatoms. The van der Waals surface area contributed by atoms with Crippen molar-refractivity contribution in [3.05, 3.63) is 35.0 Å². The van der Waals surface area contributed by atoms with Crippen LogP contribution in [0.5, 0.6) is 0 Å². The number of nitrogens with one attached hydrogen (secondary N) is 2. The zero-order valence-electron chi connectivity index (χ0n) is 11.2. The molecule has 0 bridgehead atoms. The van der Waals surface area contributed by atoms with E-state index in [4.69, 9.17) is 0 Å². The normalized spacial score (nSPS) is 19.6. The monoisotopic (exact) mass is 278 g/mol. The summed E-state index contributed by atoms with van der Waals surface area (Å²) >= 11 is 0. The fourth-order valence-corrected chi connectivity index (χ4v) is 3.74. The van der Waals surface area contributed by atoms with Crippen molar-refractivity contribution in [3.8, 4) is 0 Å². The van der Waals surface area contributed by atoms with E-state index in [0.29, 0.717) is 0 Å². The van der Waals surface area contributed by atoms with E-state index in [1.165, 1.54) is 28.5 Å². The molecule has 2 aromatic rings. The third kappa shape index (κ3) is 2.53. The number of rotatable bonds is 2. The van der Waals surface area contributed by atoms with E-state index >= 15 is 0 Å². The molecular weight excluding hydrogens is 260 g/mol. The molecule has 0 aliphatic heterocycles. The lowest BCUT2D eigenvalue weighted by molar-refractivity contribution is 0.509. The number of aromatic amines is 1. The van der Waals surface area contributed by atoms with Gasteiger partial charge in [0, 0.05) is 22.6 Å². The standard InChI is InChI=1S/C14H18N2O2S/c1-9-3-5-13-11(7-9)12-8-10(16-19(2,17)18)4-6-14(12)15-13/h3,5,7,10,15-16H,4,6,8H2,1-2H3. The predicted molar refractivity (Wildman–Crippen MR) is 76.8 cm³/mol. The molecule has 1 aromatic heterocycles. The minimum Gasteiger partial charge on any atom is -0.358 e. The van der Waals surface area contributed by atoms with Crippen molar-refractivity contribution in [1.82, 2.24) is 9.71 Å². The first kappa shape index (κ1) is 12.7. The van der Waals surface area contributed by atoms with Gasteiger partial charge >= 0.3 is 0 Å². The smallest absolute Gasteiger partial charge is 0.208 e. The number of benzene rings is 1. The number of sulfonamides is 1. The Morgan fingerprint density at radius 3 is 2.89 bits per heavy atom. The van der Waals surface area contributed by atoms with E-state index < -0.39 is 10.0 Å². The molecule has 4 nitrogen and oxygen atoms in total. The Morgan fingerprint density at radius 2 is 2.16 bits per heavy atom. The van der Waals surface area contributed by atoms with Gasteiger partial charge in [-0.1, -0.05) is 11.6 Å².